The minimum absolute atomic E-state index is 0.383. The Hall–Kier alpha value is -0.960. The minimum atomic E-state index is 0.383. The van der Waals surface area contributed by atoms with Gasteiger partial charge in [-0.05, 0) is 54.7 Å². The molecule has 3 rings (SSSR count). The first kappa shape index (κ1) is 15.0. The highest BCUT2D eigenvalue weighted by Crippen LogP contribution is 2.34. The summed E-state index contributed by atoms with van der Waals surface area (Å²) in [7, 11) is 0. The number of anilines is 1. The number of hydrogen-bond acceptors (Lipinski definition) is 3. The lowest BCUT2D eigenvalue weighted by atomic mass is 9.90. The van der Waals surface area contributed by atoms with Crippen LogP contribution in [0.2, 0.25) is 0 Å². The number of hydrogen-bond donors (Lipinski definition) is 1. The van der Waals surface area contributed by atoms with Gasteiger partial charge in [-0.2, -0.15) is 0 Å². The summed E-state index contributed by atoms with van der Waals surface area (Å²) in [6, 6.07) is 6.68. The van der Waals surface area contributed by atoms with E-state index in [2.05, 4.69) is 44.3 Å². The van der Waals surface area contributed by atoms with Crippen LogP contribution in [0.3, 0.4) is 0 Å². The second kappa shape index (κ2) is 6.04. The Kier molecular flexibility index (Phi) is 4.30. The molecule has 3 heteroatoms. The number of fused-ring (bicyclic) bond motifs is 1. The molecule has 0 amide bonds. The smallest absolute Gasteiger partial charge is 0.161 e. The number of aryl methyl sites for hydroxylation is 1. The van der Waals surface area contributed by atoms with E-state index in [9.17, 15) is 0 Å². The zero-order valence-electron chi connectivity index (χ0n) is 13.4. The monoisotopic (exact) mass is 302 g/mol. The lowest BCUT2D eigenvalue weighted by Gasteiger charge is -2.22. The second-order valence-corrected chi connectivity index (χ2v) is 8.71. The van der Waals surface area contributed by atoms with E-state index in [-0.39, 0.29) is 0 Å². The molecule has 0 spiro atoms. The Balaban J connectivity index is 1.66. The number of aliphatic imine (C=N–C) groups is 1. The van der Waals surface area contributed by atoms with Gasteiger partial charge in [0, 0.05) is 10.9 Å². The van der Waals surface area contributed by atoms with Gasteiger partial charge in [0.15, 0.2) is 5.17 Å². The summed E-state index contributed by atoms with van der Waals surface area (Å²) < 4.78 is 0. The Morgan fingerprint density at radius 3 is 2.86 bits per heavy atom. The molecule has 0 bridgehead atoms. The van der Waals surface area contributed by atoms with Gasteiger partial charge >= 0.3 is 0 Å². The first-order chi connectivity index (χ1) is 10.0. The topological polar surface area (TPSA) is 24.4 Å². The van der Waals surface area contributed by atoms with E-state index >= 15 is 0 Å². The molecule has 114 valence electrons. The molecule has 1 heterocycles. The van der Waals surface area contributed by atoms with Crippen LogP contribution in [0.25, 0.3) is 0 Å². The average Bonchev–Trinajstić information content (AvgIpc) is 2.84. The predicted molar refractivity (Wildman–Crippen MR) is 94.5 cm³/mol. The standard InChI is InChI=1S/C18H26N2S/c1-18(2,3)11-14-12-19-17(21-14)20-16-10-6-8-13-7-4-5-9-15(13)16/h6,8,10,14H,4-5,7,9,11-12H2,1-3H3,(H,19,20). The molecule has 0 radical (unpaired) electrons. The quantitative estimate of drug-likeness (QED) is 0.841. The van der Waals surface area contributed by atoms with Crippen LogP contribution in [0, 0.1) is 5.41 Å². The van der Waals surface area contributed by atoms with Gasteiger partial charge in [0.1, 0.15) is 0 Å². The maximum Gasteiger partial charge on any atom is 0.161 e. The molecule has 2 nitrogen and oxygen atoms in total. The lowest BCUT2D eigenvalue weighted by Crippen LogP contribution is -2.16. The predicted octanol–water partition coefficient (Wildman–Crippen LogP) is 4.88. The van der Waals surface area contributed by atoms with E-state index in [1.807, 2.05) is 11.8 Å². The first-order valence-corrected chi connectivity index (χ1v) is 8.98. The molecule has 0 saturated heterocycles. The number of thioether (sulfide) groups is 1. The number of benzene rings is 1. The van der Waals surface area contributed by atoms with E-state index < -0.39 is 0 Å². The van der Waals surface area contributed by atoms with Crippen LogP contribution in [0.15, 0.2) is 23.2 Å². The Morgan fingerprint density at radius 1 is 1.24 bits per heavy atom. The van der Waals surface area contributed by atoms with Crippen molar-refractivity contribution in [2.75, 3.05) is 11.9 Å². The summed E-state index contributed by atoms with van der Waals surface area (Å²) in [5, 5.41) is 5.34. The van der Waals surface area contributed by atoms with Crippen molar-refractivity contribution in [3.8, 4) is 0 Å². The number of amidine groups is 1. The van der Waals surface area contributed by atoms with Crippen LogP contribution < -0.4 is 5.32 Å². The summed E-state index contributed by atoms with van der Waals surface area (Å²) >= 11 is 1.92. The second-order valence-electron chi connectivity index (χ2n) is 7.43. The Bertz CT molecular complexity index is 543. The minimum Gasteiger partial charge on any atom is -0.335 e. The lowest BCUT2D eigenvalue weighted by molar-refractivity contribution is 0.375. The summed E-state index contributed by atoms with van der Waals surface area (Å²) in [6.45, 7) is 7.89. The molecular weight excluding hydrogens is 276 g/mol. The van der Waals surface area contributed by atoms with Crippen molar-refractivity contribution in [1.29, 1.82) is 0 Å². The highest BCUT2D eigenvalue weighted by atomic mass is 32.2. The zero-order chi connectivity index (χ0) is 14.9. The largest absolute Gasteiger partial charge is 0.335 e. The van der Waals surface area contributed by atoms with Crippen LogP contribution in [0.1, 0.15) is 51.2 Å². The highest BCUT2D eigenvalue weighted by Gasteiger charge is 2.25. The molecule has 21 heavy (non-hydrogen) atoms. The summed E-state index contributed by atoms with van der Waals surface area (Å²) in [6.07, 6.45) is 6.32. The van der Waals surface area contributed by atoms with Crippen LogP contribution in [0.5, 0.6) is 0 Å². The SMILES string of the molecule is CC(C)(C)CC1CN=C(Nc2cccc3c2CCCC3)S1. The molecule has 0 saturated carbocycles. The molecular formula is C18H26N2S. The van der Waals surface area contributed by atoms with Crippen molar-refractivity contribution in [2.24, 2.45) is 10.4 Å². The van der Waals surface area contributed by atoms with Crippen molar-refractivity contribution in [1.82, 2.24) is 0 Å². The van der Waals surface area contributed by atoms with Crippen molar-refractivity contribution in [2.45, 2.75) is 58.1 Å². The van der Waals surface area contributed by atoms with Gasteiger partial charge in [0.05, 0.1) is 6.54 Å². The van der Waals surface area contributed by atoms with Crippen molar-refractivity contribution in [3.63, 3.8) is 0 Å². The molecule has 2 aliphatic rings. The molecule has 1 aliphatic carbocycles. The van der Waals surface area contributed by atoms with Gasteiger partial charge in [-0.3, -0.25) is 4.99 Å². The van der Waals surface area contributed by atoms with Crippen LogP contribution >= 0.6 is 11.8 Å². The van der Waals surface area contributed by atoms with Crippen molar-refractivity contribution >= 4 is 22.6 Å². The third-order valence-electron chi connectivity index (χ3n) is 4.19. The molecule has 1 atom stereocenters. The van der Waals surface area contributed by atoms with Gasteiger partial charge in [0.2, 0.25) is 0 Å². The van der Waals surface area contributed by atoms with E-state index in [0.717, 1.165) is 11.7 Å². The van der Waals surface area contributed by atoms with E-state index in [4.69, 9.17) is 4.99 Å². The first-order valence-electron chi connectivity index (χ1n) is 8.10. The molecule has 1 aromatic rings. The van der Waals surface area contributed by atoms with Crippen molar-refractivity contribution in [3.05, 3.63) is 29.3 Å². The van der Waals surface area contributed by atoms with Crippen LogP contribution in [-0.4, -0.2) is 17.0 Å². The van der Waals surface area contributed by atoms with Gasteiger partial charge in [-0.25, -0.2) is 0 Å². The third kappa shape index (κ3) is 3.82. The van der Waals surface area contributed by atoms with E-state index in [0.29, 0.717) is 10.7 Å². The molecule has 1 unspecified atom stereocenters. The van der Waals surface area contributed by atoms with Gasteiger partial charge in [-0.1, -0.05) is 44.7 Å². The fourth-order valence-corrected chi connectivity index (χ4v) is 4.66. The average molecular weight is 302 g/mol. The number of rotatable bonds is 2. The molecule has 1 N–H and O–H groups in total. The maximum atomic E-state index is 4.71. The normalized spacial score (nSPS) is 21.9. The van der Waals surface area contributed by atoms with Crippen LogP contribution in [-0.2, 0) is 12.8 Å². The molecule has 1 aliphatic heterocycles. The Morgan fingerprint density at radius 2 is 2.05 bits per heavy atom. The van der Waals surface area contributed by atoms with E-state index in [1.165, 1.54) is 48.9 Å². The zero-order valence-corrected chi connectivity index (χ0v) is 14.2. The fraction of sp³-hybridized carbons (Fsp3) is 0.611. The molecule has 0 aromatic heterocycles. The molecule has 1 aromatic carbocycles. The van der Waals surface area contributed by atoms with Gasteiger partial charge in [0.25, 0.3) is 0 Å². The highest BCUT2D eigenvalue weighted by molar-refractivity contribution is 8.15. The summed E-state index contributed by atoms with van der Waals surface area (Å²) in [5.41, 5.74) is 4.72. The number of nitrogens with one attached hydrogen (secondary N) is 1. The third-order valence-corrected chi connectivity index (χ3v) is 5.30. The summed E-state index contributed by atoms with van der Waals surface area (Å²) in [5.74, 6) is 0. The maximum absolute atomic E-state index is 4.71. The van der Waals surface area contributed by atoms with Gasteiger partial charge in [-0.15, -0.1) is 0 Å². The number of nitrogens with zero attached hydrogens (tertiary/aromatic N) is 1. The summed E-state index contributed by atoms with van der Waals surface area (Å²) in [4.78, 5) is 4.71. The van der Waals surface area contributed by atoms with E-state index in [1.54, 1.807) is 0 Å². The van der Waals surface area contributed by atoms with Crippen molar-refractivity contribution < 1.29 is 0 Å². The fourth-order valence-electron chi connectivity index (χ4n) is 3.29. The van der Waals surface area contributed by atoms with Crippen LogP contribution in [0.4, 0.5) is 5.69 Å². The van der Waals surface area contributed by atoms with Gasteiger partial charge < -0.3 is 5.32 Å². The Labute approximate surface area is 132 Å². The molecule has 0 fully saturated rings.